The van der Waals surface area contributed by atoms with Gasteiger partial charge in [-0.3, -0.25) is 9.59 Å². The molecule has 0 aliphatic carbocycles. The van der Waals surface area contributed by atoms with E-state index in [0.29, 0.717) is 52.7 Å². The number of nitrogen functional groups attached to an aromatic ring is 1. The molecule has 0 bridgehead atoms. The molecular formula is C29H35Br2N5O5. The van der Waals surface area contributed by atoms with Gasteiger partial charge in [0.05, 0.1) is 5.69 Å². The van der Waals surface area contributed by atoms with Gasteiger partial charge in [-0.1, -0.05) is 18.2 Å². The molecule has 2 aromatic carbocycles. The average Bonchev–Trinajstić information content (AvgIpc) is 3.07. The highest BCUT2D eigenvalue weighted by Crippen LogP contribution is 2.30. The number of ether oxygens (including phenoxy) is 1. The standard InChI is InChI=1S/C29H35Br2N5O5/c1-29(2,3)41-28(40)34-23(16-24(37)18-14-20(30)25(32)21(31)15-18)26(38)35-11-9-19(10-12-35)36-13-8-17-6-4-5-7-22(17)33-27(36)39/h4-7,14-15,19,23H,8-13,16,32H2,1-3H3,(H,33,39)(H,34,40)/t23-/m0/s1. The SMILES string of the molecule is CC(C)(C)OC(=O)N[C@@H](CC(=O)c1cc(Br)c(N)c(Br)c1)C(=O)N1CCC(N2CCc3ccccc3NC2=O)CC1. The summed E-state index contributed by atoms with van der Waals surface area (Å²) in [6.07, 6.45) is 0.878. The van der Waals surface area contributed by atoms with E-state index in [2.05, 4.69) is 42.5 Å². The van der Waals surface area contributed by atoms with Gasteiger partial charge in [0.1, 0.15) is 11.6 Å². The van der Waals surface area contributed by atoms with E-state index in [1.165, 1.54) is 0 Å². The van der Waals surface area contributed by atoms with Gasteiger partial charge in [0.15, 0.2) is 5.78 Å². The van der Waals surface area contributed by atoms with Gasteiger partial charge in [0.25, 0.3) is 0 Å². The summed E-state index contributed by atoms with van der Waals surface area (Å²) in [6.45, 7) is 6.53. The molecule has 0 spiro atoms. The first-order chi connectivity index (χ1) is 19.3. The van der Waals surface area contributed by atoms with E-state index in [1.807, 2.05) is 29.2 Å². The van der Waals surface area contributed by atoms with E-state index in [4.69, 9.17) is 10.5 Å². The Bertz CT molecular complexity index is 1310. The number of nitrogens with zero attached hydrogens (tertiary/aromatic N) is 2. The Morgan fingerprint density at radius 1 is 1.10 bits per heavy atom. The van der Waals surface area contributed by atoms with Crippen LogP contribution in [0.4, 0.5) is 21.0 Å². The number of nitrogens with one attached hydrogen (secondary N) is 2. The maximum atomic E-state index is 13.7. The Morgan fingerprint density at radius 2 is 1.73 bits per heavy atom. The molecule has 0 unspecified atom stereocenters. The maximum Gasteiger partial charge on any atom is 0.408 e. The van der Waals surface area contributed by atoms with Crippen LogP contribution in [0.15, 0.2) is 45.3 Å². The lowest BCUT2D eigenvalue weighted by molar-refractivity contribution is -0.134. The summed E-state index contributed by atoms with van der Waals surface area (Å²) in [5.74, 6) is -0.708. The Balaban J connectivity index is 1.44. The van der Waals surface area contributed by atoms with Gasteiger partial charge in [-0.05, 0) is 95.7 Å². The molecule has 4 amide bonds. The Morgan fingerprint density at radius 3 is 2.37 bits per heavy atom. The zero-order valence-electron chi connectivity index (χ0n) is 23.3. The fourth-order valence-corrected chi connectivity index (χ4v) is 6.24. The van der Waals surface area contributed by atoms with E-state index >= 15 is 0 Å². The molecular weight excluding hydrogens is 658 g/mol. The lowest BCUT2D eigenvalue weighted by Crippen LogP contribution is -2.55. The molecule has 1 saturated heterocycles. The highest BCUT2D eigenvalue weighted by Gasteiger charge is 2.35. The first-order valence-corrected chi connectivity index (χ1v) is 15.1. The molecule has 0 saturated carbocycles. The number of piperidine rings is 1. The van der Waals surface area contributed by atoms with E-state index in [1.54, 1.807) is 37.8 Å². The third kappa shape index (κ3) is 7.79. The third-order valence-corrected chi connectivity index (χ3v) is 8.45. The molecule has 2 aromatic rings. The number of Topliss-reactive ketones (excluding diaryl/α,β-unsaturated/α-hetero) is 1. The Labute approximate surface area is 256 Å². The summed E-state index contributed by atoms with van der Waals surface area (Å²) in [5, 5.41) is 5.62. The molecule has 10 nitrogen and oxygen atoms in total. The number of carbonyl (C=O) groups excluding carboxylic acids is 4. The summed E-state index contributed by atoms with van der Waals surface area (Å²) in [6, 6.07) is 9.66. The van der Waals surface area contributed by atoms with Crippen LogP contribution >= 0.6 is 31.9 Å². The number of rotatable bonds is 6. The summed E-state index contributed by atoms with van der Waals surface area (Å²) < 4.78 is 6.46. The predicted molar refractivity (Wildman–Crippen MR) is 164 cm³/mol. The van der Waals surface area contributed by atoms with Gasteiger partial charge in [0.2, 0.25) is 5.91 Å². The fourth-order valence-electron chi connectivity index (χ4n) is 5.05. The molecule has 2 aliphatic rings. The second kappa shape index (κ2) is 12.8. The monoisotopic (exact) mass is 691 g/mol. The van der Waals surface area contributed by atoms with Crippen LogP contribution < -0.4 is 16.4 Å². The molecule has 4 N–H and O–H groups in total. The quantitative estimate of drug-likeness (QED) is 0.277. The summed E-state index contributed by atoms with van der Waals surface area (Å²) in [7, 11) is 0. The number of urea groups is 1. The smallest absolute Gasteiger partial charge is 0.408 e. The number of ketones is 1. The van der Waals surface area contributed by atoms with Crippen LogP contribution in [0.3, 0.4) is 0 Å². The number of amides is 4. The number of nitrogens with two attached hydrogens (primary N) is 1. The van der Waals surface area contributed by atoms with Crippen LogP contribution in [-0.2, 0) is 16.0 Å². The highest BCUT2D eigenvalue weighted by molar-refractivity contribution is 9.11. The maximum absolute atomic E-state index is 13.7. The normalized spacial score (nSPS) is 16.8. The fraction of sp³-hybridized carbons (Fsp3) is 0.448. The predicted octanol–water partition coefficient (Wildman–Crippen LogP) is 5.34. The first kappa shape index (κ1) is 30.8. The van der Waals surface area contributed by atoms with Gasteiger partial charge in [-0.2, -0.15) is 0 Å². The number of alkyl carbamates (subject to hydrolysis) is 1. The number of benzene rings is 2. The van der Waals surface area contributed by atoms with Crippen molar-refractivity contribution in [3.05, 3.63) is 56.5 Å². The minimum Gasteiger partial charge on any atom is -0.444 e. The molecule has 220 valence electrons. The van der Waals surface area contributed by atoms with E-state index in [9.17, 15) is 19.2 Å². The van der Waals surface area contributed by atoms with E-state index < -0.39 is 17.7 Å². The van der Waals surface area contributed by atoms with Crippen molar-refractivity contribution in [2.24, 2.45) is 0 Å². The van der Waals surface area contributed by atoms with Crippen LogP contribution in [0.1, 0.15) is 56.0 Å². The lowest BCUT2D eigenvalue weighted by Gasteiger charge is -2.39. The minimum atomic E-state index is -1.13. The molecule has 2 heterocycles. The van der Waals surface area contributed by atoms with Crippen molar-refractivity contribution in [2.45, 2.75) is 64.1 Å². The Kier molecular flexibility index (Phi) is 9.63. The van der Waals surface area contributed by atoms with Crippen molar-refractivity contribution in [2.75, 3.05) is 30.7 Å². The summed E-state index contributed by atoms with van der Waals surface area (Å²) >= 11 is 6.70. The van der Waals surface area contributed by atoms with Gasteiger partial charge < -0.3 is 30.9 Å². The van der Waals surface area contributed by atoms with E-state index in [0.717, 1.165) is 17.7 Å². The zero-order valence-corrected chi connectivity index (χ0v) is 26.5. The number of likely N-dealkylation sites (tertiary alicyclic amines) is 1. The van der Waals surface area contributed by atoms with Crippen LogP contribution in [0.5, 0.6) is 0 Å². The van der Waals surface area contributed by atoms with E-state index in [-0.39, 0.29) is 30.2 Å². The van der Waals surface area contributed by atoms with Gasteiger partial charge >= 0.3 is 12.1 Å². The lowest BCUT2D eigenvalue weighted by atomic mass is 9.99. The van der Waals surface area contributed by atoms with Gasteiger partial charge in [0, 0.05) is 52.3 Å². The van der Waals surface area contributed by atoms with Crippen molar-refractivity contribution in [1.82, 2.24) is 15.1 Å². The zero-order chi connectivity index (χ0) is 29.9. The van der Waals surface area contributed by atoms with Crippen LogP contribution in [-0.4, -0.2) is 70.9 Å². The topological polar surface area (TPSA) is 134 Å². The molecule has 41 heavy (non-hydrogen) atoms. The number of hydrogen-bond acceptors (Lipinski definition) is 6. The van der Waals surface area contributed by atoms with Crippen molar-refractivity contribution in [3.63, 3.8) is 0 Å². The minimum absolute atomic E-state index is 0.0308. The van der Waals surface area contributed by atoms with Crippen molar-refractivity contribution >= 4 is 67.0 Å². The molecule has 0 aromatic heterocycles. The van der Waals surface area contributed by atoms with Crippen molar-refractivity contribution in [3.8, 4) is 0 Å². The van der Waals surface area contributed by atoms with Crippen molar-refractivity contribution in [1.29, 1.82) is 0 Å². The van der Waals surface area contributed by atoms with Crippen LogP contribution in [0.2, 0.25) is 0 Å². The number of para-hydroxylation sites is 1. The summed E-state index contributed by atoms with van der Waals surface area (Å²) in [4.78, 5) is 56.0. The average molecular weight is 693 g/mol. The van der Waals surface area contributed by atoms with Gasteiger partial charge in [-0.15, -0.1) is 0 Å². The molecule has 2 aliphatic heterocycles. The number of carbonyl (C=O) groups is 4. The Hall–Kier alpha value is -3.12. The number of hydrogen-bond donors (Lipinski definition) is 3. The number of anilines is 2. The summed E-state index contributed by atoms with van der Waals surface area (Å²) in [5.41, 5.74) is 7.89. The first-order valence-electron chi connectivity index (χ1n) is 13.5. The molecule has 1 atom stereocenters. The number of halogens is 2. The third-order valence-electron chi connectivity index (χ3n) is 7.14. The number of fused-ring (bicyclic) bond motifs is 1. The van der Waals surface area contributed by atoms with Crippen molar-refractivity contribution < 1.29 is 23.9 Å². The van der Waals surface area contributed by atoms with Crippen LogP contribution in [0, 0.1) is 0 Å². The molecule has 12 heteroatoms. The molecule has 4 rings (SSSR count). The molecule has 0 radical (unpaired) electrons. The largest absolute Gasteiger partial charge is 0.444 e. The second-order valence-electron chi connectivity index (χ2n) is 11.3. The molecule has 1 fully saturated rings. The highest BCUT2D eigenvalue weighted by atomic mass is 79.9. The van der Waals surface area contributed by atoms with Crippen LogP contribution in [0.25, 0.3) is 0 Å². The second-order valence-corrected chi connectivity index (χ2v) is 13.0. The van der Waals surface area contributed by atoms with Gasteiger partial charge in [-0.25, -0.2) is 9.59 Å².